The lowest BCUT2D eigenvalue weighted by molar-refractivity contribution is -0.134. The van der Waals surface area contributed by atoms with Crippen molar-refractivity contribution in [2.24, 2.45) is 5.92 Å². The smallest absolute Gasteiger partial charge is 0.251 e. The van der Waals surface area contributed by atoms with Crippen molar-refractivity contribution in [3.05, 3.63) is 65.3 Å². The van der Waals surface area contributed by atoms with Crippen molar-refractivity contribution in [1.29, 1.82) is 5.26 Å². The van der Waals surface area contributed by atoms with Crippen molar-refractivity contribution < 1.29 is 23.2 Å². The second-order valence-corrected chi connectivity index (χ2v) is 11.3. The number of ether oxygens (including phenoxy) is 1. The molecular formula is C32H37FN6O4. The molecule has 2 fully saturated rings. The number of carbonyl (C=O) groups excluding carboxylic acids is 2. The van der Waals surface area contributed by atoms with E-state index in [-0.39, 0.29) is 17.6 Å². The van der Waals surface area contributed by atoms with Gasteiger partial charge in [-0.25, -0.2) is 4.39 Å². The number of carbonyl (C=O) groups is 2. The normalized spacial score (nSPS) is 16.5. The lowest BCUT2D eigenvalue weighted by atomic mass is 10.0. The number of amides is 2. The summed E-state index contributed by atoms with van der Waals surface area (Å²) in [5.74, 6) is 0.922. The largest absolute Gasteiger partial charge is 0.493 e. The summed E-state index contributed by atoms with van der Waals surface area (Å²) < 4.78 is 26.0. The summed E-state index contributed by atoms with van der Waals surface area (Å²) in [7, 11) is 0. The number of rotatable bonds is 11. The van der Waals surface area contributed by atoms with E-state index in [9.17, 15) is 14.0 Å². The van der Waals surface area contributed by atoms with Crippen LogP contribution in [0, 0.1) is 23.1 Å². The molecule has 0 bridgehead atoms. The summed E-state index contributed by atoms with van der Waals surface area (Å²) >= 11 is 0. The summed E-state index contributed by atoms with van der Waals surface area (Å²) in [6.07, 6.45) is 6.34. The molecule has 2 amide bonds. The first kappa shape index (κ1) is 30.2. The van der Waals surface area contributed by atoms with Gasteiger partial charge in [0.2, 0.25) is 17.6 Å². The molecule has 1 aliphatic heterocycles. The Morgan fingerprint density at radius 1 is 1.14 bits per heavy atom. The second kappa shape index (κ2) is 14.2. The van der Waals surface area contributed by atoms with Gasteiger partial charge < -0.3 is 19.5 Å². The molecule has 11 heteroatoms. The third kappa shape index (κ3) is 7.96. The molecule has 1 aromatic heterocycles. The molecule has 2 aliphatic rings. The lowest BCUT2D eigenvalue weighted by Crippen LogP contribution is -2.54. The average molecular weight is 589 g/mol. The molecule has 1 aliphatic carbocycles. The van der Waals surface area contributed by atoms with Crippen LogP contribution in [-0.2, 0) is 11.2 Å². The van der Waals surface area contributed by atoms with Gasteiger partial charge in [-0.2, -0.15) is 10.2 Å². The van der Waals surface area contributed by atoms with E-state index in [0.717, 1.165) is 32.5 Å². The van der Waals surface area contributed by atoms with E-state index in [0.29, 0.717) is 53.9 Å². The van der Waals surface area contributed by atoms with E-state index in [1.807, 2.05) is 6.07 Å². The molecule has 1 saturated heterocycles. The molecule has 10 nitrogen and oxygen atoms in total. The summed E-state index contributed by atoms with van der Waals surface area (Å²) in [5.41, 5.74) is 1.17. The highest BCUT2D eigenvalue weighted by Gasteiger charge is 2.26. The van der Waals surface area contributed by atoms with Crippen LogP contribution in [0.25, 0.3) is 11.4 Å². The van der Waals surface area contributed by atoms with Gasteiger partial charge in [0.15, 0.2) is 0 Å². The predicted molar refractivity (Wildman–Crippen MR) is 157 cm³/mol. The van der Waals surface area contributed by atoms with Crippen molar-refractivity contribution in [1.82, 2.24) is 25.3 Å². The van der Waals surface area contributed by atoms with E-state index < -0.39 is 11.9 Å². The Bertz CT molecular complexity index is 1440. The Kier molecular flexibility index (Phi) is 10.00. The second-order valence-electron chi connectivity index (χ2n) is 11.3. The number of hydrogen-bond donors (Lipinski definition) is 1. The number of aromatic nitrogens is 2. The third-order valence-electron chi connectivity index (χ3n) is 8.15. The minimum atomic E-state index is -0.658. The number of nitriles is 1. The summed E-state index contributed by atoms with van der Waals surface area (Å²) in [5, 5.41) is 15.6. The van der Waals surface area contributed by atoms with Crippen LogP contribution in [0.5, 0.6) is 5.75 Å². The monoisotopic (exact) mass is 588 g/mol. The van der Waals surface area contributed by atoms with E-state index in [4.69, 9.17) is 14.5 Å². The van der Waals surface area contributed by atoms with Crippen LogP contribution in [0.15, 0.2) is 47.0 Å². The van der Waals surface area contributed by atoms with Crippen LogP contribution in [0.2, 0.25) is 0 Å². The number of halogens is 1. The zero-order valence-electron chi connectivity index (χ0n) is 24.4. The number of nitrogens with zero attached hydrogens (tertiary/aromatic N) is 5. The van der Waals surface area contributed by atoms with Gasteiger partial charge in [0, 0.05) is 50.8 Å². The summed E-state index contributed by atoms with van der Waals surface area (Å²) in [4.78, 5) is 33.8. The molecule has 2 aromatic carbocycles. The lowest BCUT2D eigenvalue weighted by Gasteiger charge is -2.36. The highest BCUT2D eigenvalue weighted by Crippen LogP contribution is 2.29. The van der Waals surface area contributed by atoms with Crippen LogP contribution in [0.1, 0.15) is 60.8 Å². The van der Waals surface area contributed by atoms with E-state index in [2.05, 4.69) is 20.4 Å². The first-order valence-electron chi connectivity index (χ1n) is 15.0. The van der Waals surface area contributed by atoms with Crippen molar-refractivity contribution in [2.75, 3.05) is 39.3 Å². The molecule has 1 N–H and O–H groups in total. The maximum absolute atomic E-state index is 14.8. The van der Waals surface area contributed by atoms with Gasteiger partial charge in [-0.1, -0.05) is 18.0 Å². The Labute approximate surface area is 250 Å². The average Bonchev–Trinajstić information content (AvgIpc) is 3.72. The van der Waals surface area contributed by atoms with Crippen LogP contribution < -0.4 is 10.1 Å². The van der Waals surface area contributed by atoms with Gasteiger partial charge >= 0.3 is 0 Å². The van der Waals surface area contributed by atoms with Crippen LogP contribution in [-0.4, -0.2) is 77.1 Å². The minimum absolute atomic E-state index is 0.124. The van der Waals surface area contributed by atoms with Gasteiger partial charge in [0.1, 0.15) is 17.6 Å². The molecule has 1 saturated carbocycles. The molecule has 43 heavy (non-hydrogen) atoms. The van der Waals surface area contributed by atoms with E-state index in [1.165, 1.54) is 31.7 Å². The zero-order chi connectivity index (χ0) is 30.2. The molecule has 226 valence electrons. The highest BCUT2D eigenvalue weighted by molar-refractivity contribution is 5.97. The SMILES string of the molecule is C[C@@H](NC(=O)c1ccc(C#N)cc1)C(=O)N1CCN(CCCOc2ccc(-c3noc(CC4CCCC4)n3)c(F)c2)CC1. The van der Waals surface area contributed by atoms with Gasteiger partial charge in [-0.3, -0.25) is 14.5 Å². The fourth-order valence-corrected chi connectivity index (χ4v) is 5.66. The van der Waals surface area contributed by atoms with Crippen molar-refractivity contribution in [3.63, 3.8) is 0 Å². The Balaban J connectivity index is 1.00. The zero-order valence-corrected chi connectivity index (χ0v) is 24.4. The van der Waals surface area contributed by atoms with Gasteiger partial charge in [-0.15, -0.1) is 0 Å². The minimum Gasteiger partial charge on any atom is -0.493 e. The standard InChI is InChI=1S/C32H37FN6O4/c1-22(35-31(40)25-9-7-24(21-34)8-10-25)32(41)39-16-14-38(15-17-39)13-4-18-42-26-11-12-27(28(33)20-26)30-36-29(43-37-30)19-23-5-2-3-6-23/h7-12,20,22-23H,2-6,13-19H2,1H3,(H,35,40)/t22-/m1/s1. The van der Waals surface area contributed by atoms with Crippen LogP contribution in [0.4, 0.5) is 4.39 Å². The van der Waals surface area contributed by atoms with Crippen LogP contribution in [0.3, 0.4) is 0 Å². The molecule has 2 heterocycles. The van der Waals surface area contributed by atoms with Crippen LogP contribution >= 0.6 is 0 Å². The number of piperazine rings is 1. The Morgan fingerprint density at radius 3 is 2.58 bits per heavy atom. The maximum atomic E-state index is 14.8. The Hall–Kier alpha value is -4.30. The van der Waals surface area contributed by atoms with E-state index in [1.54, 1.807) is 48.2 Å². The summed E-state index contributed by atoms with van der Waals surface area (Å²) in [6.45, 7) is 5.49. The maximum Gasteiger partial charge on any atom is 0.251 e. The first-order chi connectivity index (χ1) is 20.9. The topological polar surface area (TPSA) is 125 Å². The third-order valence-corrected chi connectivity index (χ3v) is 8.15. The van der Waals surface area contributed by atoms with E-state index >= 15 is 0 Å². The quantitative estimate of drug-likeness (QED) is 0.331. The molecule has 0 unspecified atom stereocenters. The molecule has 1 atom stereocenters. The van der Waals surface area contributed by atoms with Crippen molar-refractivity contribution in [3.8, 4) is 23.2 Å². The first-order valence-corrected chi connectivity index (χ1v) is 15.0. The molecular weight excluding hydrogens is 551 g/mol. The molecule has 0 spiro atoms. The fourth-order valence-electron chi connectivity index (χ4n) is 5.66. The van der Waals surface area contributed by atoms with Crippen molar-refractivity contribution >= 4 is 11.8 Å². The Morgan fingerprint density at radius 2 is 1.88 bits per heavy atom. The highest BCUT2D eigenvalue weighted by atomic mass is 19.1. The fraction of sp³-hybridized carbons (Fsp3) is 0.469. The molecule has 3 aromatic rings. The number of hydrogen-bond acceptors (Lipinski definition) is 8. The molecule has 0 radical (unpaired) electrons. The molecule has 5 rings (SSSR count). The number of benzene rings is 2. The van der Waals surface area contributed by atoms with Crippen molar-refractivity contribution in [2.45, 2.75) is 51.5 Å². The summed E-state index contributed by atoms with van der Waals surface area (Å²) in [6, 6.07) is 12.3. The van der Waals surface area contributed by atoms with Gasteiger partial charge in [0.25, 0.3) is 5.91 Å². The van der Waals surface area contributed by atoms with Gasteiger partial charge in [0.05, 0.1) is 23.8 Å². The number of nitrogens with one attached hydrogen (secondary N) is 1. The predicted octanol–water partition coefficient (Wildman–Crippen LogP) is 4.21. The van der Waals surface area contributed by atoms with Gasteiger partial charge in [-0.05, 0) is 68.5 Å².